The molecule has 1 fully saturated rings. The van der Waals surface area contributed by atoms with Crippen LogP contribution in [-0.4, -0.2) is 63.6 Å². The number of nitrogen functional groups attached to an aromatic ring is 1. The van der Waals surface area contributed by atoms with Gasteiger partial charge in [0.05, 0.1) is 43.9 Å². The fourth-order valence-corrected chi connectivity index (χ4v) is 6.53. The summed E-state index contributed by atoms with van der Waals surface area (Å²) >= 11 is 0. The first-order valence-corrected chi connectivity index (χ1v) is 14.1. The Kier molecular flexibility index (Phi) is 7.14. The number of anilines is 1. The van der Waals surface area contributed by atoms with Crippen molar-refractivity contribution < 1.29 is 23.8 Å². The van der Waals surface area contributed by atoms with E-state index in [1.807, 2.05) is 46.1 Å². The highest BCUT2D eigenvalue weighted by atomic mass is 31.2. The van der Waals surface area contributed by atoms with Crippen molar-refractivity contribution in [2.75, 3.05) is 32.2 Å². The normalized spacial score (nSPS) is 18.9. The molecule has 34 heavy (non-hydrogen) atoms. The van der Waals surface area contributed by atoms with E-state index in [1.165, 1.54) is 7.11 Å². The van der Waals surface area contributed by atoms with Crippen molar-refractivity contribution in [2.45, 2.75) is 66.1 Å². The van der Waals surface area contributed by atoms with E-state index in [2.05, 4.69) is 21.6 Å². The fraction of sp³-hybridized carbons (Fsp3) is 0.696. The van der Waals surface area contributed by atoms with Crippen LogP contribution in [-0.2, 0) is 19.1 Å². The first-order chi connectivity index (χ1) is 15.7. The van der Waals surface area contributed by atoms with Gasteiger partial charge in [0, 0.05) is 18.9 Å². The Morgan fingerprint density at radius 3 is 2.06 bits per heavy atom. The molecule has 0 spiro atoms. The first kappa shape index (κ1) is 26.1. The molecule has 0 unspecified atom stereocenters. The predicted molar refractivity (Wildman–Crippen MR) is 132 cm³/mol. The van der Waals surface area contributed by atoms with Crippen molar-refractivity contribution in [3.05, 3.63) is 6.33 Å². The second-order valence-electron chi connectivity index (χ2n) is 11.3. The number of esters is 2. The molecule has 1 aliphatic rings. The molecule has 0 amide bonds. The van der Waals surface area contributed by atoms with Crippen molar-refractivity contribution in [3.8, 4) is 5.88 Å². The van der Waals surface area contributed by atoms with Gasteiger partial charge in [0.25, 0.3) is 0 Å². The third-order valence-electron chi connectivity index (χ3n) is 6.17. The molecule has 3 rings (SSSR count). The molecule has 0 radical (unpaired) electrons. The number of aromatic nitrogens is 4. The van der Waals surface area contributed by atoms with Crippen LogP contribution in [0.5, 0.6) is 5.88 Å². The Hall–Kier alpha value is -2.48. The zero-order valence-electron chi connectivity index (χ0n) is 21.4. The summed E-state index contributed by atoms with van der Waals surface area (Å²) in [7, 11) is -0.426. The second kappa shape index (κ2) is 9.29. The lowest BCUT2D eigenvalue weighted by Gasteiger charge is -2.41. The lowest BCUT2D eigenvalue weighted by molar-refractivity contribution is -0.151. The predicted octanol–water partition coefficient (Wildman–Crippen LogP) is 3.86. The van der Waals surface area contributed by atoms with Crippen LogP contribution in [0.1, 0.15) is 60.4 Å². The van der Waals surface area contributed by atoms with E-state index < -0.39 is 18.1 Å². The second-order valence-corrected chi connectivity index (χ2v) is 15.5. The van der Waals surface area contributed by atoms with Crippen LogP contribution in [0.15, 0.2) is 6.33 Å². The lowest BCUT2D eigenvalue weighted by atomic mass is 9.92. The minimum absolute atomic E-state index is 0.127. The highest BCUT2D eigenvalue weighted by Gasteiger charge is 2.52. The molecule has 0 saturated heterocycles. The van der Waals surface area contributed by atoms with Crippen molar-refractivity contribution in [1.82, 2.24) is 19.5 Å². The topological polar surface area (TPSA) is 131 Å². The van der Waals surface area contributed by atoms with Crippen molar-refractivity contribution in [2.24, 2.45) is 10.8 Å². The number of hydrogen-bond acceptors (Lipinski definition) is 9. The van der Waals surface area contributed by atoms with E-state index in [0.717, 1.165) is 12.8 Å². The van der Waals surface area contributed by atoms with Crippen LogP contribution in [0, 0.1) is 10.8 Å². The molecule has 188 valence electrons. The van der Waals surface area contributed by atoms with Crippen LogP contribution in [0.2, 0.25) is 0 Å². The minimum atomic E-state index is -1.95. The van der Waals surface area contributed by atoms with E-state index in [0.29, 0.717) is 17.0 Å². The molecule has 0 aromatic carbocycles. The Labute approximate surface area is 201 Å². The van der Waals surface area contributed by atoms with Gasteiger partial charge >= 0.3 is 11.9 Å². The number of nitrogens with two attached hydrogens (primary N) is 1. The fourth-order valence-electron chi connectivity index (χ4n) is 3.70. The van der Waals surface area contributed by atoms with Gasteiger partial charge in [0.2, 0.25) is 24.5 Å². The molecule has 1 aliphatic carbocycles. The maximum absolute atomic E-state index is 12.5. The van der Waals surface area contributed by atoms with Gasteiger partial charge in [-0.25, -0.2) is 4.98 Å². The molecule has 2 aromatic rings. The number of methoxy groups -OCH3 is 1. The van der Waals surface area contributed by atoms with Crippen LogP contribution >= 0.6 is 7.26 Å². The van der Waals surface area contributed by atoms with Crippen LogP contribution in [0.4, 0.5) is 5.95 Å². The van der Waals surface area contributed by atoms with Crippen LogP contribution < -0.4 is 10.5 Å². The summed E-state index contributed by atoms with van der Waals surface area (Å²) in [4.78, 5) is 37.8. The smallest absolute Gasteiger partial charge is 0.314 e. The third-order valence-corrected chi connectivity index (χ3v) is 9.79. The van der Waals surface area contributed by atoms with Gasteiger partial charge in [-0.2, -0.15) is 9.97 Å². The summed E-state index contributed by atoms with van der Waals surface area (Å²) in [6, 6.07) is 0.157. The van der Waals surface area contributed by atoms with Gasteiger partial charge in [-0.15, -0.1) is 0 Å². The number of hydrogen-bond donors (Lipinski definition) is 1. The van der Waals surface area contributed by atoms with Gasteiger partial charge in [-0.3, -0.25) is 9.59 Å². The molecule has 10 nitrogen and oxygen atoms in total. The van der Waals surface area contributed by atoms with Crippen molar-refractivity contribution in [3.63, 3.8) is 0 Å². The number of carbonyl (C=O) groups excluding carboxylic acids is 2. The summed E-state index contributed by atoms with van der Waals surface area (Å²) in [5.74, 6) is -0.0339. The maximum atomic E-state index is 12.5. The zero-order valence-corrected chi connectivity index (χ0v) is 22.3. The molecule has 0 aliphatic heterocycles. The molecule has 0 atom stereocenters. The average molecular weight is 495 g/mol. The van der Waals surface area contributed by atoms with Crippen LogP contribution in [0.25, 0.3) is 11.2 Å². The SMILES string of the molecule is COc1nc(N)nc2c1ncn2C1CC([P+](C)(COC(=O)C(C)(C)C)COC(=O)C(C)(C)C)C1. The number of imidazole rings is 1. The number of fused-ring (bicyclic) bond motifs is 1. The average Bonchev–Trinajstić information content (AvgIpc) is 3.10. The standard InChI is InChI=1S/C23H37N5O5P/c1-22(2,3)19(29)32-12-34(8,13-33-20(30)23(4,5)6)15-9-14(10-15)28-11-25-16-17(28)26-21(24)27-18(16)31-7/h11,14-15H,9-10,12-13H2,1-8H3,(H2,24,26,27)/q+1. The van der Waals surface area contributed by atoms with Crippen molar-refractivity contribution in [1.29, 1.82) is 0 Å². The van der Waals surface area contributed by atoms with E-state index in [9.17, 15) is 9.59 Å². The summed E-state index contributed by atoms with van der Waals surface area (Å²) in [6.07, 6.45) is 3.97. The molecular formula is C23H37N5O5P+. The van der Waals surface area contributed by atoms with Gasteiger partial charge in [0.1, 0.15) is 0 Å². The number of nitrogens with zero attached hydrogens (tertiary/aromatic N) is 4. The third kappa shape index (κ3) is 5.43. The summed E-state index contributed by atoms with van der Waals surface area (Å²) in [6.45, 7) is 13.1. The summed E-state index contributed by atoms with van der Waals surface area (Å²) < 4.78 is 18.8. The van der Waals surface area contributed by atoms with E-state index in [-0.39, 0.29) is 42.3 Å². The molecule has 2 heterocycles. The zero-order chi connectivity index (χ0) is 25.5. The molecule has 2 N–H and O–H groups in total. The summed E-state index contributed by atoms with van der Waals surface area (Å²) in [5.41, 5.74) is 6.14. The van der Waals surface area contributed by atoms with Crippen molar-refractivity contribution >= 4 is 36.3 Å². The highest BCUT2D eigenvalue weighted by Crippen LogP contribution is 2.67. The number of ether oxygens (including phenoxy) is 3. The van der Waals surface area contributed by atoms with Crippen LogP contribution in [0.3, 0.4) is 0 Å². The number of carbonyl (C=O) groups is 2. The Morgan fingerprint density at radius 2 is 1.59 bits per heavy atom. The van der Waals surface area contributed by atoms with E-state index in [4.69, 9.17) is 19.9 Å². The Morgan fingerprint density at radius 1 is 1.06 bits per heavy atom. The Balaban J connectivity index is 1.77. The van der Waals surface area contributed by atoms with Gasteiger partial charge in [-0.1, -0.05) is 0 Å². The quantitative estimate of drug-likeness (QED) is 0.450. The first-order valence-electron chi connectivity index (χ1n) is 11.4. The largest absolute Gasteiger partial charge is 0.479 e. The monoisotopic (exact) mass is 494 g/mol. The van der Waals surface area contributed by atoms with Gasteiger partial charge in [-0.05, 0) is 41.5 Å². The maximum Gasteiger partial charge on any atom is 0.314 e. The molecule has 1 saturated carbocycles. The molecular weight excluding hydrogens is 457 g/mol. The minimum Gasteiger partial charge on any atom is -0.479 e. The number of rotatable bonds is 7. The Bertz CT molecular complexity index is 1040. The highest BCUT2D eigenvalue weighted by molar-refractivity contribution is 7.75. The molecule has 2 aromatic heterocycles. The van der Waals surface area contributed by atoms with Gasteiger partial charge < -0.3 is 24.5 Å². The van der Waals surface area contributed by atoms with E-state index >= 15 is 0 Å². The van der Waals surface area contributed by atoms with E-state index in [1.54, 1.807) is 6.33 Å². The molecule has 0 bridgehead atoms. The molecule has 11 heteroatoms. The summed E-state index contributed by atoms with van der Waals surface area (Å²) in [5, 5.41) is 0. The lowest BCUT2D eigenvalue weighted by Crippen LogP contribution is -2.37. The van der Waals surface area contributed by atoms with Gasteiger partial charge in [0.15, 0.2) is 11.2 Å².